The third-order valence-corrected chi connectivity index (χ3v) is 2.25. The molecule has 2 nitrogen and oxygen atoms in total. The van der Waals surface area contributed by atoms with Gasteiger partial charge in [-0.2, -0.15) is 0 Å². The Labute approximate surface area is 88.0 Å². The maximum atomic E-state index is 10.0. The van der Waals surface area contributed by atoms with Crippen LogP contribution in [0.3, 0.4) is 0 Å². The van der Waals surface area contributed by atoms with Crippen molar-refractivity contribution in [3.05, 3.63) is 0 Å². The summed E-state index contributed by atoms with van der Waals surface area (Å²) in [6.45, 7) is 3.99. The summed E-state index contributed by atoms with van der Waals surface area (Å²) in [5.74, 6) is 0. The van der Waals surface area contributed by atoms with E-state index in [1.54, 1.807) is 0 Å². The molecule has 0 aromatic carbocycles. The third-order valence-electron chi connectivity index (χ3n) is 2.25. The zero-order chi connectivity index (χ0) is 10.5. The zero-order valence-corrected chi connectivity index (χ0v) is 9.46. The van der Waals surface area contributed by atoms with Gasteiger partial charge in [-0.25, -0.2) is 0 Å². The number of carbonyl (C=O) groups excluding carboxylic acids is 1. The third kappa shape index (κ3) is 11.6. The van der Waals surface area contributed by atoms with Crippen LogP contribution in [0.15, 0.2) is 0 Å². The first kappa shape index (κ1) is 13.6. The molecular formula is C12H24O2. The van der Waals surface area contributed by atoms with E-state index in [0.29, 0.717) is 6.42 Å². The van der Waals surface area contributed by atoms with Gasteiger partial charge in [0, 0.05) is 19.6 Å². The lowest BCUT2D eigenvalue weighted by Crippen LogP contribution is -1.97. The summed E-state index contributed by atoms with van der Waals surface area (Å²) in [7, 11) is 0. The summed E-state index contributed by atoms with van der Waals surface area (Å²) in [5.41, 5.74) is 0. The molecule has 0 N–H and O–H groups in total. The average molecular weight is 200 g/mol. The number of hydrogen-bond acceptors (Lipinski definition) is 2. The highest BCUT2D eigenvalue weighted by atomic mass is 16.5. The van der Waals surface area contributed by atoms with E-state index >= 15 is 0 Å². The van der Waals surface area contributed by atoms with Crippen molar-refractivity contribution in [1.82, 2.24) is 0 Å². The smallest absolute Gasteiger partial charge is 0.119 e. The standard InChI is InChI=1S/C12H24O2/c1-2-3-4-8-11-14-12-9-6-5-7-10-13/h10H,2-9,11-12H2,1H3. The van der Waals surface area contributed by atoms with Crippen LogP contribution >= 0.6 is 0 Å². The molecule has 0 radical (unpaired) electrons. The Hall–Kier alpha value is -0.370. The molecule has 0 aliphatic carbocycles. The molecule has 0 saturated heterocycles. The van der Waals surface area contributed by atoms with Crippen LogP contribution in [0.4, 0.5) is 0 Å². The molecule has 0 spiro atoms. The lowest BCUT2D eigenvalue weighted by molar-refractivity contribution is -0.107. The van der Waals surface area contributed by atoms with Gasteiger partial charge in [-0.05, 0) is 19.3 Å². The van der Waals surface area contributed by atoms with E-state index in [9.17, 15) is 4.79 Å². The minimum Gasteiger partial charge on any atom is -0.381 e. The summed E-state index contributed by atoms with van der Waals surface area (Å²) in [4.78, 5) is 10.0. The lowest BCUT2D eigenvalue weighted by atomic mass is 10.2. The number of ether oxygens (including phenoxy) is 1. The maximum absolute atomic E-state index is 10.0. The fraction of sp³-hybridized carbons (Fsp3) is 0.917. The van der Waals surface area contributed by atoms with E-state index in [4.69, 9.17) is 4.74 Å². The highest BCUT2D eigenvalue weighted by molar-refractivity contribution is 5.48. The van der Waals surface area contributed by atoms with Crippen molar-refractivity contribution in [2.24, 2.45) is 0 Å². The number of carbonyl (C=O) groups is 1. The fourth-order valence-electron chi connectivity index (χ4n) is 1.34. The molecule has 0 saturated carbocycles. The van der Waals surface area contributed by atoms with Crippen molar-refractivity contribution in [2.45, 2.75) is 58.3 Å². The van der Waals surface area contributed by atoms with Crippen molar-refractivity contribution < 1.29 is 9.53 Å². The van der Waals surface area contributed by atoms with Crippen molar-refractivity contribution >= 4 is 6.29 Å². The number of rotatable bonds is 11. The number of unbranched alkanes of at least 4 members (excludes halogenated alkanes) is 6. The lowest BCUT2D eigenvalue weighted by Gasteiger charge is -2.03. The molecule has 0 aliphatic rings. The Bertz CT molecular complexity index is 113. The SMILES string of the molecule is CCCCCCOCCCCCC=O. The Balaban J connectivity index is 2.81. The molecule has 14 heavy (non-hydrogen) atoms. The summed E-state index contributed by atoms with van der Waals surface area (Å²) in [6.07, 6.45) is 10.0. The van der Waals surface area contributed by atoms with E-state index in [1.807, 2.05) is 0 Å². The van der Waals surface area contributed by atoms with Gasteiger partial charge in [0.15, 0.2) is 0 Å². The van der Waals surface area contributed by atoms with Crippen LogP contribution in [0.1, 0.15) is 58.3 Å². The van der Waals surface area contributed by atoms with Crippen molar-refractivity contribution in [3.8, 4) is 0 Å². The van der Waals surface area contributed by atoms with Crippen molar-refractivity contribution in [3.63, 3.8) is 0 Å². The molecule has 0 amide bonds. The quantitative estimate of drug-likeness (QED) is 0.377. The highest BCUT2D eigenvalue weighted by Crippen LogP contribution is 2.01. The summed E-state index contributed by atoms with van der Waals surface area (Å²) in [5, 5.41) is 0. The van der Waals surface area contributed by atoms with Gasteiger partial charge in [-0.3, -0.25) is 0 Å². The minimum atomic E-state index is 0.705. The van der Waals surface area contributed by atoms with Crippen molar-refractivity contribution in [2.75, 3.05) is 13.2 Å². The molecule has 0 fully saturated rings. The molecule has 84 valence electrons. The second-order valence-electron chi connectivity index (χ2n) is 3.69. The molecule has 2 heteroatoms. The van der Waals surface area contributed by atoms with E-state index in [-0.39, 0.29) is 0 Å². The van der Waals surface area contributed by atoms with E-state index in [2.05, 4.69) is 6.92 Å². The molecular weight excluding hydrogens is 176 g/mol. The Morgan fingerprint density at radius 2 is 1.57 bits per heavy atom. The first-order chi connectivity index (χ1) is 6.91. The molecule has 0 atom stereocenters. The maximum Gasteiger partial charge on any atom is 0.119 e. The van der Waals surface area contributed by atoms with Crippen LogP contribution < -0.4 is 0 Å². The van der Waals surface area contributed by atoms with Crippen LogP contribution in [0.2, 0.25) is 0 Å². The van der Waals surface area contributed by atoms with E-state index in [1.165, 1.54) is 25.7 Å². The second-order valence-corrected chi connectivity index (χ2v) is 3.69. The Morgan fingerprint density at radius 1 is 0.929 bits per heavy atom. The van der Waals surface area contributed by atoms with Gasteiger partial charge in [0.2, 0.25) is 0 Å². The number of aldehydes is 1. The van der Waals surface area contributed by atoms with Gasteiger partial charge in [0.05, 0.1) is 0 Å². The molecule has 0 bridgehead atoms. The van der Waals surface area contributed by atoms with Crippen LogP contribution in [0, 0.1) is 0 Å². The molecule has 0 aromatic heterocycles. The first-order valence-electron chi connectivity index (χ1n) is 5.93. The minimum absolute atomic E-state index is 0.705. The Morgan fingerprint density at radius 3 is 2.14 bits per heavy atom. The zero-order valence-electron chi connectivity index (χ0n) is 9.46. The van der Waals surface area contributed by atoms with Gasteiger partial charge < -0.3 is 9.53 Å². The van der Waals surface area contributed by atoms with Crippen LogP contribution in [0.5, 0.6) is 0 Å². The molecule has 0 aliphatic heterocycles. The van der Waals surface area contributed by atoms with Crippen LogP contribution in [0.25, 0.3) is 0 Å². The molecule has 0 heterocycles. The fourth-order valence-corrected chi connectivity index (χ4v) is 1.34. The van der Waals surface area contributed by atoms with Crippen LogP contribution in [-0.4, -0.2) is 19.5 Å². The topological polar surface area (TPSA) is 26.3 Å². The monoisotopic (exact) mass is 200 g/mol. The summed E-state index contributed by atoms with van der Waals surface area (Å²) >= 11 is 0. The van der Waals surface area contributed by atoms with Gasteiger partial charge in [0.1, 0.15) is 6.29 Å². The highest BCUT2D eigenvalue weighted by Gasteiger charge is 1.91. The average Bonchev–Trinajstić information content (AvgIpc) is 2.21. The van der Waals surface area contributed by atoms with Crippen molar-refractivity contribution in [1.29, 1.82) is 0 Å². The predicted molar refractivity (Wildman–Crippen MR) is 59.5 cm³/mol. The summed E-state index contributed by atoms with van der Waals surface area (Å²) < 4.78 is 5.47. The van der Waals surface area contributed by atoms with Gasteiger partial charge in [0.25, 0.3) is 0 Å². The van der Waals surface area contributed by atoms with E-state index in [0.717, 1.165) is 38.8 Å². The van der Waals surface area contributed by atoms with Crippen LogP contribution in [-0.2, 0) is 9.53 Å². The number of hydrogen-bond donors (Lipinski definition) is 0. The second kappa shape index (κ2) is 12.6. The predicted octanol–water partition coefficient (Wildman–Crippen LogP) is 3.34. The largest absolute Gasteiger partial charge is 0.381 e. The van der Waals surface area contributed by atoms with E-state index < -0.39 is 0 Å². The van der Waals surface area contributed by atoms with Gasteiger partial charge >= 0.3 is 0 Å². The molecule has 0 aromatic rings. The van der Waals surface area contributed by atoms with Gasteiger partial charge in [-0.15, -0.1) is 0 Å². The summed E-state index contributed by atoms with van der Waals surface area (Å²) in [6, 6.07) is 0. The molecule has 0 unspecified atom stereocenters. The molecule has 0 rings (SSSR count). The Kier molecular flexibility index (Phi) is 12.3. The first-order valence-corrected chi connectivity index (χ1v) is 5.93. The normalized spacial score (nSPS) is 10.4. The van der Waals surface area contributed by atoms with Gasteiger partial charge in [-0.1, -0.05) is 32.6 Å².